The maximum absolute atomic E-state index is 12.2. The minimum atomic E-state index is -4.08. The van der Waals surface area contributed by atoms with Crippen LogP contribution in [-0.2, 0) is 34.2 Å². The lowest BCUT2D eigenvalue weighted by atomic mass is 10.1. The van der Waals surface area contributed by atoms with Crippen LogP contribution in [0.5, 0.6) is 0 Å². The Hall–Kier alpha value is -0.530. The second-order valence-corrected chi connectivity index (χ2v) is 11.7. The lowest BCUT2D eigenvalue weighted by molar-refractivity contribution is 0.198. The average Bonchev–Trinajstić information content (AvgIpc) is 2.69. The van der Waals surface area contributed by atoms with Crippen LogP contribution >= 0.6 is 11.3 Å². The molecule has 12 heteroatoms. The van der Waals surface area contributed by atoms with Crippen molar-refractivity contribution in [2.75, 3.05) is 6.26 Å². The Labute approximate surface area is 127 Å². The van der Waals surface area contributed by atoms with E-state index in [0.717, 1.165) is 12.3 Å². The molecule has 0 bridgehead atoms. The van der Waals surface area contributed by atoms with E-state index in [1.807, 2.05) is 0 Å². The molecule has 21 heavy (non-hydrogen) atoms. The zero-order valence-corrected chi connectivity index (χ0v) is 14.3. The highest BCUT2D eigenvalue weighted by Gasteiger charge is 2.41. The lowest BCUT2D eigenvalue weighted by Gasteiger charge is -2.26. The zero-order chi connectivity index (χ0) is 16.2. The van der Waals surface area contributed by atoms with Gasteiger partial charge in [-0.05, 0) is 19.4 Å². The molecule has 0 spiro atoms. The number of thiophene rings is 1. The summed E-state index contributed by atoms with van der Waals surface area (Å²) in [6, 6.07) is 1.06. The van der Waals surface area contributed by atoms with E-state index in [4.69, 9.17) is 9.32 Å². The Morgan fingerprint density at radius 1 is 1.33 bits per heavy atom. The quantitative estimate of drug-likeness (QED) is 0.733. The Bertz CT molecular complexity index is 879. The van der Waals surface area contributed by atoms with Crippen molar-refractivity contribution in [3.63, 3.8) is 0 Å². The number of primary sulfonamides is 1. The standard InChI is InChI=1S/C9H13NO7S4/c1-5-3-7(17-19(2,11)12)6-4-8(21(10,15)16)18-9(6)20(5,13)14/h4-5,7H,3H2,1-2H3,(H2,10,15,16)/t5-,7?/m1/s1. The lowest BCUT2D eigenvalue weighted by Crippen LogP contribution is -2.28. The smallest absolute Gasteiger partial charge is 0.262 e. The second kappa shape index (κ2) is 4.99. The fraction of sp³-hybridized carbons (Fsp3) is 0.556. The molecule has 1 unspecified atom stereocenters. The number of hydrogen-bond donors (Lipinski definition) is 1. The van der Waals surface area contributed by atoms with E-state index in [1.54, 1.807) is 0 Å². The van der Waals surface area contributed by atoms with Crippen LogP contribution in [0.3, 0.4) is 0 Å². The van der Waals surface area contributed by atoms with Gasteiger partial charge in [0.25, 0.3) is 10.1 Å². The summed E-state index contributed by atoms with van der Waals surface area (Å²) >= 11 is 0.507. The number of rotatable bonds is 3. The van der Waals surface area contributed by atoms with Crippen molar-refractivity contribution in [2.45, 2.75) is 33.1 Å². The molecular weight excluding hydrogens is 362 g/mol. The van der Waals surface area contributed by atoms with Crippen molar-refractivity contribution < 1.29 is 29.4 Å². The molecule has 1 aliphatic rings. The van der Waals surface area contributed by atoms with Gasteiger partial charge in [-0.25, -0.2) is 22.0 Å². The summed E-state index contributed by atoms with van der Waals surface area (Å²) in [6.45, 7) is 1.41. The van der Waals surface area contributed by atoms with Crippen molar-refractivity contribution in [2.24, 2.45) is 5.14 Å². The van der Waals surface area contributed by atoms with Crippen molar-refractivity contribution in [1.29, 1.82) is 0 Å². The van der Waals surface area contributed by atoms with Crippen LogP contribution in [0.15, 0.2) is 14.5 Å². The molecule has 2 heterocycles. The van der Waals surface area contributed by atoms with Crippen molar-refractivity contribution in [3.8, 4) is 0 Å². The first kappa shape index (κ1) is 16.8. The molecule has 2 rings (SSSR count). The molecule has 1 aromatic rings. The number of nitrogens with two attached hydrogens (primary N) is 1. The van der Waals surface area contributed by atoms with E-state index < -0.39 is 41.3 Å². The van der Waals surface area contributed by atoms with Gasteiger partial charge in [-0.1, -0.05) is 0 Å². The predicted molar refractivity (Wildman–Crippen MR) is 75.6 cm³/mol. The molecule has 0 radical (unpaired) electrons. The summed E-state index contributed by atoms with van der Waals surface area (Å²) in [6.07, 6.45) is -0.281. The molecule has 8 nitrogen and oxygen atoms in total. The fourth-order valence-corrected chi connectivity index (χ4v) is 6.98. The van der Waals surface area contributed by atoms with E-state index in [2.05, 4.69) is 0 Å². The van der Waals surface area contributed by atoms with Crippen LogP contribution < -0.4 is 5.14 Å². The van der Waals surface area contributed by atoms with Crippen molar-refractivity contribution in [1.82, 2.24) is 0 Å². The molecule has 0 saturated heterocycles. The highest BCUT2D eigenvalue weighted by Crippen LogP contribution is 2.44. The Morgan fingerprint density at radius 2 is 1.90 bits per heavy atom. The first-order valence-electron chi connectivity index (χ1n) is 5.61. The number of sulfonamides is 1. The summed E-state index contributed by atoms with van der Waals surface area (Å²) in [5, 5.41) is 4.11. The van der Waals surface area contributed by atoms with Crippen molar-refractivity contribution in [3.05, 3.63) is 11.6 Å². The predicted octanol–water partition coefficient (Wildman–Crippen LogP) is -0.0213. The van der Waals surface area contributed by atoms with E-state index in [9.17, 15) is 25.3 Å². The molecule has 1 aromatic heterocycles. The van der Waals surface area contributed by atoms with Crippen LogP contribution in [0.2, 0.25) is 0 Å². The molecule has 1 aliphatic heterocycles. The van der Waals surface area contributed by atoms with E-state index >= 15 is 0 Å². The van der Waals surface area contributed by atoms with Crippen molar-refractivity contribution >= 4 is 41.3 Å². The van der Waals surface area contributed by atoms with Crippen LogP contribution in [0.25, 0.3) is 0 Å². The van der Waals surface area contributed by atoms with Gasteiger partial charge in [0.2, 0.25) is 10.0 Å². The second-order valence-electron chi connectivity index (χ2n) is 4.73. The zero-order valence-electron chi connectivity index (χ0n) is 11.0. The third-order valence-corrected chi connectivity index (χ3v) is 8.85. The van der Waals surface area contributed by atoms with Gasteiger partial charge in [0, 0.05) is 5.56 Å². The maximum Gasteiger partial charge on any atom is 0.264 e. The summed E-state index contributed by atoms with van der Waals surface area (Å²) in [7, 11) is -11.6. The van der Waals surface area contributed by atoms with Crippen LogP contribution in [0.1, 0.15) is 25.0 Å². The Morgan fingerprint density at radius 3 is 2.38 bits per heavy atom. The van der Waals surface area contributed by atoms with Gasteiger partial charge < -0.3 is 0 Å². The largest absolute Gasteiger partial charge is 0.264 e. The summed E-state index contributed by atoms with van der Waals surface area (Å²) in [5.41, 5.74) is 0.0209. The maximum atomic E-state index is 12.2. The summed E-state index contributed by atoms with van der Waals surface area (Å²) < 4.78 is 74.1. The van der Waals surface area contributed by atoms with Gasteiger partial charge in [0.15, 0.2) is 9.84 Å². The minimum Gasteiger partial charge on any atom is -0.262 e. The third kappa shape index (κ3) is 3.29. The fourth-order valence-electron chi connectivity index (χ4n) is 1.99. The van der Waals surface area contributed by atoms with E-state index in [0.29, 0.717) is 11.3 Å². The summed E-state index contributed by atoms with van der Waals surface area (Å²) in [4.78, 5) is 0. The number of sulfone groups is 1. The van der Waals surface area contributed by atoms with Gasteiger partial charge in [0.1, 0.15) is 14.5 Å². The van der Waals surface area contributed by atoms with Gasteiger partial charge in [-0.15, -0.1) is 11.3 Å². The van der Waals surface area contributed by atoms with Gasteiger partial charge >= 0.3 is 0 Å². The number of fused-ring (bicyclic) bond motifs is 1. The Balaban J connectivity index is 2.67. The molecule has 0 fully saturated rings. The number of hydrogen-bond acceptors (Lipinski definition) is 8. The topological polar surface area (TPSA) is 138 Å². The normalized spacial score (nSPS) is 25.5. The van der Waals surface area contributed by atoms with Crippen LogP contribution in [-0.4, -0.2) is 36.8 Å². The average molecular weight is 375 g/mol. The molecule has 0 aromatic carbocycles. The molecule has 2 N–H and O–H groups in total. The van der Waals surface area contributed by atoms with Gasteiger partial charge in [0.05, 0.1) is 11.5 Å². The summed E-state index contributed by atoms with van der Waals surface area (Å²) in [5.74, 6) is 0. The van der Waals surface area contributed by atoms with Crippen LogP contribution in [0, 0.1) is 0 Å². The van der Waals surface area contributed by atoms with Gasteiger partial charge in [-0.3, -0.25) is 4.18 Å². The van der Waals surface area contributed by atoms with E-state index in [1.165, 1.54) is 6.92 Å². The third-order valence-electron chi connectivity index (χ3n) is 2.95. The first-order chi connectivity index (χ1) is 9.32. The highest BCUT2D eigenvalue weighted by atomic mass is 32.3. The molecule has 0 amide bonds. The Kier molecular flexibility index (Phi) is 4.00. The van der Waals surface area contributed by atoms with Crippen LogP contribution in [0.4, 0.5) is 0 Å². The SMILES string of the molecule is C[C@@H]1CC(OS(C)(=O)=O)c2cc(S(N)(=O)=O)sc2S1(=O)=O. The van der Waals surface area contributed by atoms with E-state index in [-0.39, 0.29) is 20.4 Å². The monoisotopic (exact) mass is 375 g/mol. The molecular formula is C9H13NO7S4. The molecule has 2 atom stereocenters. The van der Waals surface area contributed by atoms with Gasteiger partial charge in [-0.2, -0.15) is 8.42 Å². The molecule has 0 aliphatic carbocycles. The molecule has 120 valence electrons. The highest BCUT2D eigenvalue weighted by molar-refractivity contribution is 7.95. The first-order valence-corrected chi connectivity index (χ1v) is 11.3. The molecule has 0 saturated carbocycles. The minimum absolute atomic E-state index is 0.0209.